The van der Waals surface area contributed by atoms with Crippen molar-refractivity contribution in [3.63, 3.8) is 0 Å². The van der Waals surface area contributed by atoms with Crippen LogP contribution >= 0.6 is 11.6 Å². The minimum atomic E-state index is -0.484. The number of rotatable bonds is 4. The summed E-state index contributed by atoms with van der Waals surface area (Å²) in [6, 6.07) is 5.37. The van der Waals surface area contributed by atoms with Gasteiger partial charge in [0.05, 0.1) is 12.0 Å². The monoisotopic (exact) mass is 226 g/mol. The highest BCUT2D eigenvalue weighted by Crippen LogP contribution is 2.20. The van der Waals surface area contributed by atoms with Crippen molar-refractivity contribution in [1.29, 1.82) is 0 Å². The van der Waals surface area contributed by atoms with Gasteiger partial charge < -0.3 is 4.74 Å². The molecule has 0 fully saturated rings. The number of carbonyl (C=O) groups excluding carboxylic acids is 1. The van der Waals surface area contributed by atoms with E-state index in [1.807, 2.05) is 26.0 Å². The maximum Gasteiger partial charge on any atom is 0.180 e. The van der Waals surface area contributed by atoms with E-state index in [4.69, 9.17) is 16.3 Å². The van der Waals surface area contributed by atoms with Crippen molar-refractivity contribution in [2.75, 3.05) is 6.61 Å². The zero-order valence-electron chi connectivity index (χ0n) is 9.21. The van der Waals surface area contributed by atoms with Crippen LogP contribution in [0.1, 0.15) is 29.8 Å². The lowest BCUT2D eigenvalue weighted by molar-refractivity contribution is 0.0991. The molecule has 0 bridgehead atoms. The number of aryl methyl sites for hydroxylation is 1. The highest BCUT2D eigenvalue weighted by atomic mass is 35.5. The lowest BCUT2D eigenvalue weighted by Crippen LogP contribution is -2.10. The molecule has 15 heavy (non-hydrogen) atoms. The van der Waals surface area contributed by atoms with E-state index in [1.165, 1.54) is 0 Å². The molecule has 0 radical (unpaired) electrons. The lowest BCUT2D eigenvalue weighted by atomic mass is 10.1. The smallest absolute Gasteiger partial charge is 0.180 e. The summed E-state index contributed by atoms with van der Waals surface area (Å²) in [5, 5.41) is -0.484. The maximum absolute atomic E-state index is 11.6. The minimum Gasteiger partial charge on any atom is -0.494 e. The number of Topliss-reactive ketones (excluding diaryl/α,β-unsaturated/α-hetero) is 1. The van der Waals surface area contributed by atoms with Crippen LogP contribution in [0, 0.1) is 6.92 Å². The van der Waals surface area contributed by atoms with Gasteiger partial charge in [-0.2, -0.15) is 0 Å². The van der Waals surface area contributed by atoms with E-state index in [1.54, 1.807) is 13.0 Å². The Hall–Kier alpha value is -1.02. The van der Waals surface area contributed by atoms with Crippen LogP contribution in [0.3, 0.4) is 0 Å². The van der Waals surface area contributed by atoms with Gasteiger partial charge in [0.2, 0.25) is 0 Å². The average molecular weight is 227 g/mol. The normalized spacial score (nSPS) is 12.3. The third kappa shape index (κ3) is 2.96. The number of ketones is 1. The molecule has 3 heteroatoms. The fourth-order valence-corrected chi connectivity index (χ4v) is 1.48. The zero-order chi connectivity index (χ0) is 11.4. The molecule has 0 aliphatic carbocycles. The quantitative estimate of drug-likeness (QED) is 0.582. The predicted octanol–water partition coefficient (Wildman–Crippen LogP) is 3.20. The second kappa shape index (κ2) is 5.17. The van der Waals surface area contributed by atoms with E-state index in [2.05, 4.69) is 0 Å². The van der Waals surface area contributed by atoms with Crippen molar-refractivity contribution in [1.82, 2.24) is 0 Å². The summed E-state index contributed by atoms with van der Waals surface area (Å²) in [5.74, 6) is 0.763. The fraction of sp³-hybridized carbons (Fsp3) is 0.417. The Balaban J connectivity index is 2.96. The Kier molecular flexibility index (Phi) is 4.15. The molecule has 1 aromatic carbocycles. The Morgan fingerprint density at radius 2 is 2.20 bits per heavy atom. The van der Waals surface area contributed by atoms with E-state index in [0.29, 0.717) is 12.2 Å². The summed E-state index contributed by atoms with van der Waals surface area (Å²) < 4.78 is 5.39. The van der Waals surface area contributed by atoms with Crippen molar-refractivity contribution in [3.8, 4) is 5.75 Å². The first-order chi connectivity index (χ1) is 7.06. The summed E-state index contributed by atoms with van der Waals surface area (Å²) >= 11 is 5.74. The van der Waals surface area contributed by atoms with Crippen LogP contribution in [0.4, 0.5) is 0 Å². The van der Waals surface area contributed by atoms with Gasteiger partial charge in [0.25, 0.3) is 0 Å². The second-order valence-electron chi connectivity index (χ2n) is 3.39. The van der Waals surface area contributed by atoms with Gasteiger partial charge in [-0.05, 0) is 44.5 Å². The van der Waals surface area contributed by atoms with E-state index in [-0.39, 0.29) is 5.78 Å². The molecule has 2 nitrogen and oxygen atoms in total. The van der Waals surface area contributed by atoms with E-state index in [9.17, 15) is 4.79 Å². The second-order valence-corrected chi connectivity index (χ2v) is 4.05. The summed E-state index contributed by atoms with van der Waals surface area (Å²) in [6.45, 7) is 6.15. The van der Waals surface area contributed by atoms with E-state index < -0.39 is 5.38 Å². The maximum atomic E-state index is 11.6. The van der Waals surface area contributed by atoms with Gasteiger partial charge >= 0.3 is 0 Å². The molecule has 1 unspecified atom stereocenters. The molecule has 1 rings (SSSR count). The van der Waals surface area contributed by atoms with Crippen molar-refractivity contribution in [2.45, 2.75) is 26.1 Å². The van der Waals surface area contributed by atoms with Gasteiger partial charge in [-0.15, -0.1) is 11.6 Å². The highest BCUT2D eigenvalue weighted by Gasteiger charge is 2.13. The number of hydrogen-bond acceptors (Lipinski definition) is 2. The van der Waals surface area contributed by atoms with Gasteiger partial charge in [-0.1, -0.05) is 0 Å². The third-order valence-corrected chi connectivity index (χ3v) is 2.32. The first-order valence-electron chi connectivity index (χ1n) is 4.98. The van der Waals surface area contributed by atoms with Crippen LogP contribution < -0.4 is 4.74 Å². The number of ether oxygens (including phenoxy) is 1. The van der Waals surface area contributed by atoms with Gasteiger partial charge in [-0.3, -0.25) is 4.79 Å². The molecule has 0 N–H and O–H groups in total. The number of benzene rings is 1. The number of carbonyl (C=O) groups is 1. The van der Waals surface area contributed by atoms with Crippen LogP contribution in [0.2, 0.25) is 0 Å². The standard InChI is InChI=1S/C12H15ClO2/c1-4-15-11-6-5-10(7-8(11)2)12(14)9(3)13/h5-7,9H,4H2,1-3H3. The molecule has 0 saturated heterocycles. The van der Waals surface area contributed by atoms with Crippen molar-refractivity contribution in [3.05, 3.63) is 29.3 Å². The Labute approximate surface area is 95.2 Å². The third-order valence-electron chi connectivity index (χ3n) is 2.12. The molecule has 1 aromatic rings. The summed E-state index contributed by atoms with van der Waals surface area (Å²) in [5.41, 5.74) is 1.60. The fourth-order valence-electron chi connectivity index (χ4n) is 1.35. The molecule has 0 amide bonds. The predicted molar refractivity (Wildman–Crippen MR) is 62.0 cm³/mol. The molecule has 1 atom stereocenters. The van der Waals surface area contributed by atoms with Crippen LogP contribution in [0.25, 0.3) is 0 Å². The van der Waals surface area contributed by atoms with Crippen LogP contribution in [0.15, 0.2) is 18.2 Å². The summed E-state index contributed by atoms with van der Waals surface area (Å²) in [7, 11) is 0. The average Bonchev–Trinajstić information content (AvgIpc) is 2.20. The Morgan fingerprint density at radius 3 is 2.67 bits per heavy atom. The highest BCUT2D eigenvalue weighted by molar-refractivity contribution is 6.33. The van der Waals surface area contributed by atoms with Crippen molar-refractivity contribution < 1.29 is 9.53 Å². The van der Waals surface area contributed by atoms with Gasteiger partial charge in [0.1, 0.15) is 5.75 Å². The minimum absolute atomic E-state index is 0.0529. The summed E-state index contributed by atoms with van der Waals surface area (Å²) in [4.78, 5) is 11.6. The van der Waals surface area contributed by atoms with Crippen LogP contribution in [0.5, 0.6) is 5.75 Å². The first kappa shape index (κ1) is 12.1. The lowest BCUT2D eigenvalue weighted by Gasteiger charge is -2.09. The molecule has 0 heterocycles. The SMILES string of the molecule is CCOc1ccc(C(=O)C(C)Cl)cc1C. The molecule has 0 aliphatic heterocycles. The summed E-state index contributed by atoms with van der Waals surface area (Å²) in [6.07, 6.45) is 0. The molecule has 0 spiro atoms. The van der Waals surface area contributed by atoms with Crippen LogP contribution in [-0.4, -0.2) is 17.8 Å². The van der Waals surface area contributed by atoms with Crippen LogP contribution in [-0.2, 0) is 0 Å². The zero-order valence-corrected chi connectivity index (χ0v) is 9.97. The van der Waals surface area contributed by atoms with Crippen molar-refractivity contribution >= 4 is 17.4 Å². The van der Waals surface area contributed by atoms with Gasteiger partial charge in [-0.25, -0.2) is 0 Å². The Morgan fingerprint density at radius 1 is 1.53 bits per heavy atom. The number of hydrogen-bond donors (Lipinski definition) is 0. The molecule has 0 aliphatic rings. The molecular formula is C12H15ClO2. The molecular weight excluding hydrogens is 212 g/mol. The topological polar surface area (TPSA) is 26.3 Å². The molecule has 82 valence electrons. The molecule has 0 aromatic heterocycles. The van der Waals surface area contributed by atoms with Crippen molar-refractivity contribution in [2.24, 2.45) is 0 Å². The van der Waals surface area contributed by atoms with E-state index in [0.717, 1.165) is 11.3 Å². The molecule has 0 saturated carbocycles. The Bertz CT molecular complexity index is 359. The number of halogens is 1. The van der Waals surface area contributed by atoms with Gasteiger partial charge in [0, 0.05) is 5.56 Å². The number of alkyl halides is 1. The van der Waals surface area contributed by atoms with Gasteiger partial charge in [0.15, 0.2) is 5.78 Å². The largest absolute Gasteiger partial charge is 0.494 e. The van der Waals surface area contributed by atoms with E-state index >= 15 is 0 Å². The first-order valence-corrected chi connectivity index (χ1v) is 5.41.